The number of carbonyl (C=O) groups excluding carboxylic acids is 2. The van der Waals surface area contributed by atoms with Crippen molar-refractivity contribution >= 4 is 17.6 Å². The Balaban J connectivity index is 1.62. The molecule has 0 radical (unpaired) electrons. The maximum atomic E-state index is 12.1. The van der Waals surface area contributed by atoms with Gasteiger partial charge < -0.3 is 10.6 Å². The Labute approximate surface area is 128 Å². The summed E-state index contributed by atoms with van der Waals surface area (Å²) >= 11 is 0. The molecule has 0 spiro atoms. The Bertz CT molecular complexity index is 670. The molecule has 1 saturated heterocycles. The van der Waals surface area contributed by atoms with Crippen LogP contribution in [0, 0.1) is 0 Å². The maximum absolute atomic E-state index is 12.1. The molecule has 0 aliphatic carbocycles. The van der Waals surface area contributed by atoms with Gasteiger partial charge in [0.05, 0.1) is 0 Å². The zero-order valence-electron chi connectivity index (χ0n) is 12.0. The predicted molar refractivity (Wildman–Crippen MR) is 82.6 cm³/mol. The van der Waals surface area contributed by atoms with E-state index in [9.17, 15) is 9.59 Å². The molecule has 1 aromatic heterocycles. The molecule has 0 atom stereocenters. The summed E-state index contributed by atoms with van der Waals surface area (Å²) in [6, 6.07) is 10.6. The molecule has 22 heavy (non-hydrogen) atoms. The molecule has 2 N–H and O–H groups in total. The van der Waals surface area contributed by atoms with Crippen LogP contribution in [0.2, 0.25) is 0 Å². The van der Waals surface area contributed by atoms with Gasteiger partial charge >= 0.3 is 6.03 Å². The van der Waals surface area contributed by atoms with Crippen LogP contribution in [0.25, 0.3) is 0 Å². The molecular weight excluding hydrogens is 280 g/mol. The fourth-order valence-electron chi connectivity index (χ4n) is 2.30. The fraction of sp³-hybridized carbons (Fsp3) is 0.188. The van der Waals surface area contributed by atoms with E-state index < -0.39 is 0 Å². The van der Waals surface area contributed by atoms with E-state index in [-0.39, 0.29) is 11.9 Å². The minimum atomic E-state index is -0.152. The molecular formula is C16H16N4O2. The molecule has 0 unspecified atom stereocenters. The summed E-state index contributed by atoms with van der Waals surface area (Å²) < 4.78 is 0. The summed E-state index contributed by atoms with van der Waals surface area (Å²) in [7, 11) is 0. The fourth-order valence-corrected chi connectivity index (χ4v) is 2.30. The van der Waals surface area contributed by atoms with Crippen LogP contribution in [0.3, 0.4) is 0 Å². The van der Waals surface area contributed by atoms with Crippen LogP contribution in [0.4, 0.5) is 10.5 Å². The number of anilines is 1. The van der Waals surface area contributed by atoms with E-state index in [1.54, 1.807) is 41.6 Å². The van der Waals surface area contributed by atoms with Crippen molar-refractivity contribution < 1.29 is 9.59 Å². The number of nitrogens with zero attached hydrogens (tertiary/aromatic N) is 2. The molecule has 6 nitrogen and oxygen atoms in total. The first kappa shape index (κ1) is 14.1. The van der Waals surface area contributed by atoms with Gasteiger partial charge in [0.1, 0.15) is 0 Å². The molecule has 2 aromatic rings. The lowest BCUT2D eigenvalue weighted by molar-refractivity contribution is 0.0951. The number of rotatable bonds is 4. The summed E-state index contributed by atoms with van der Waals surface area (Å²) in [5, 5.41) is 5.59. The molecule has 3 rings (SSSR count). The third kappa shape index (κ3) is 3.06. The smallest absolute Gasteiger partial charge is 0.321 e. The van der Waals surface area contributed by atoms with E-state index >= 15 is 0 Å². The minimum absolute atomic E-state index is 0.103. The van der Waals surface area contributed by atoms with E-state index in [2.05, 4.69) is 15.6 Å². The van der Waals surface area contributed by atoms with Crippen molar-refractivity contribution in [2.24, 2.45) is 0 Å². The molecule has 3 amide bonds. The van der Waals surface area contributed by atoms with Crippen LogP contribution in [0.1, 0.15) is 15.9 Å². The summed E-state index contributed by atoms with van der Waals surface area (Å²) in [4.78, 5) is 29.3. The van der Waals surface area contributed by atoms with Crippen molar-refractivity contribution in [1.82, 2.24) is 15.6 Å². The van der Waals surface area contributed by atoms with Crippen LogP contribution in [-0.4, -0.2) is 30.0 Å². The van der Waals surface area contributed by atoms with E-state index in [4.69, 9.17) is 0 Å². The zero-order valence-corrected chi connectivity index (χ0v) is 12.0. The molecule has 2 heterocycles. The summed E-state index contributed by atoms with van der Waals surface area (Å²) in [5.41, 5.74) is 2.30. The highest BCUT2D eigenvalue weighted by Crippen LogP contribution is 2.17. The third-order valence-corrected chi connectivity index (χ3v) is 3.47. The lowest BCUT2D eigenvalue weighted by atomic mass is 10.2. The van der Waals surface area contributed by atoms with Gasteiger partial charge in [-0.2, -0.15) is 0 Å². The van der Waals surface area contributed by atoms with Crippen molar-refractivity contribution in [3.63, 3.8) is 0 Å². The predicted octanol–water partition coefficient (Wildman–Crippen LogP) is 1.54. The number of amides is 3. The minimum Gasteiger partial charge on any atom is -0.348 e. The standard InChI is InChI=1S/C16H16N4O2/c21-15(19-11-12-2-1-7-17-10-12)13-3-5-14(6-4-13)20-9-8-18-16(20)22/h1-7,10H,8-9,11H2,(H,18,22)(H,19,21). The second-order valence-electron chi connectivity index (χ2n) is 4.97. The van der Waals surface area contributed by atoms with Gasteiger partial charge in [0, 0.05) is 43.3 Å². The lowest BCUT2D eigenvalue weighted by Gasteiger charge is -2.14. The van der Waals surface area contributed by atoms with E-state index in [1.807, 2.05) is 12.1 Å². The second-order valence-corrected chi connectivity index (χ2v) is 4.97. The number of hydrogen-bond acceptors (Lipinski definition) is 3. The largest absolute Gasteiger partial charge is 0.348 e. The van der Waals surface area contributed by atoms with Gasteiger partial charge in [-0.15, -0.1) is 0 Å². The van der Waals surface area contributed by atoms with E-state index in [0.717, 1.165) is 11.3 Å². The molecule has 6 heteroatoms. The second kappa shape index (κ2) is 6.26. The summed E-state index contributed by atoms with van der Waals surface area (Å²) in [6.45, 7) is 1.72. The van der Waals surface area contributed by atoms with Gasteiger partial charge in [0.25, 0.3) is 5.91 Å². The Hall–Kier alpha value is -2.89. The molecule has 1 aliphatic heterocycles. The number of aromatic nitrogens is 1. The maximum Gasteiger partial charge on any atom is 0.321 e. The average molecular weight is 296 g/mol. The van der Waals surface area contributed by atoms with Gasteiger partial charge in [-0.3, -0.25) is 14.7 Å². The zero-order chi connectivity index (χ0) is 15.4. The number of carbonyl (C=O) groups is 2. The normalized spacial score (nSPS) is 13.8. The topological polar surface area (TPSA) is 74.3 Å². The SMILES string of the molecule is O=C(NCc1cccnc1)c1ccc(N2CCNC2=O)cc1. The molecule has 1 aromatic carbocycles. The van der Waals surface area contributed by atoms with Crippen LogP contribution in [0.15, 0.2) is 48.8 Å². The van der Waals surface area contributed by atoms with Gasteiger partial charge in [0.15, 0.2) is 0 Å². The molecule has 0 saturated carbocycles. The molecule has 1 aliphatic rings. The Morgan fingerprint density at radius 1 is 1.27 bits per heavy atom. The highest BCUT2D eigenvalue weighted by molar-refractivity contribution is 5.96. The van der Waals surface area contributed by atoms with Crippen molar-refractivity contribution in [2.75, 3.05) is 18.0 Å². The van der Waals surface area contributed by atoms with Crippen LogP contribution in [-0.2, 0) is 6.54 Å². The van der Waals surface area contributed by atoms with Crippen molar-refractivity contribution in [3.05, 3.63) is 59.9 Å². The highest BCUT2D eigenvalue weighted by Gasteiger charge is 2.21. The van der Waals surface area contributed by atoms with Gasteiger partial charge in [0.2, 0.25) is 0 Å². The molecule has 1 fully saturated rings. The van der Waals surface area contributed by atoms with Crippen LogP contribution >= 0.6 is 0 Å². The first-order chi connectivity index (χ1) is 10.7. The van der Waals surface area contributed by atoms with Gasteiger partial charge in [-0.25, -0.2) is 4.79 Å². The number of nitrogens with one attached hydrogen (secondary N) is 2. The first-order valence-electron chi connectivity index (χ1n) is 7.06. The van der Waals surface area contributed by atoms with Crippen molar-refractivity contribution in [2.45, 2.75) is 6.54 Å². The number of pyridine rings is 1. The van der Waals surface area contributed by atoms with Gasteiger partial charge in [-0.1, -0.05) is 6.07 Å². The summed E-state index contributed by atoms with van der Waals surface area (Å²) in [5.74, 6) is -0.152. The monoisotopic (exact) mass is 296 g/mol. The Morgan fingerprint density at radius 2 is 2.09 bits per heavy atom. The van der Waals surface area contributed by atoms with E-state index in [1.165, 1.54) is 0 Å². The van der Waals surface area contributed by atoms with Crippen molar-refractivity contribution in [3.8, 4) is 0 Å². The van der Waals surface area contributed by atoms with Crippen LogP contribution in [0.5, 0.6) is 0 Å². The Morgan fingerprint density at radius 3 is 2.73 bits per heavy atom. The number of hydrogen-bond donors (Lipinski definition) is 2. The van der Waals surface area contributed by atoms with Gasteiger partial charge in [-0.05, 0) is 35.9 Å². The van der Waals surface area contributed by atoms with Crippen LogP contribution < -0.4 is 15.5 Å². The van der Waals surface area contributed by atoms with E-state index in [0.29, 0.717) is 25.2 Å². The van der Waals surface area contributed by atoms with Crippen molar-refractivity contribution in [1.29, 1.82) is 0 Å². The number of benzene rings is 1. The highest BCUT2D eigenvalue weighted by atomic mass is 16.2. The summed E-state index contributed by atoms with van der Waals surface area (Å²) in [6.07, 6.45) is 3.41. The molecule has 112 valence electrons. The molecule has 0 bridgehead atoms. The third-order valence-electron chi connectivity index (χ3n) is 3.47. The lowest BCUT2D eigenvalue weighted by Crippen LogP contribution is -2.27. The quantitative estimate of drug-likeness (QED) is 0.898. The Kier molecular flexibility index (Phi) is 4.00. The number of urea groups is 1. The average Bonchev–Trinajstić information content (AvgIpc) is 3.00. The first-order valence-corrected chi connectivity index (χ1v) is 7.06.